The minimum absolute atomic E-state index is 0.000665. The van der Waals surface area contributed by atoms with Crippen LogP contribution in [0.15, 0.2) is 24.3 Å². The molecule has 162 valence electrons. The van der Waals surface area contributed by atoms with E-state index in [-0.39, 0.29) is 23.8 Å². The van der Waals surface area contributed by atoms with E-state index in [1.165, 1.54) is 5.56 Å². The molecule has 0 aliphatic carbocycles. The number of nitrogens with two attached hydrogens (primary N) is 1. The van der Waals surface area contributed by atoms with Crippen molar-refractivity contribution in [3.8, 4) is 5.75 Å². The van der Waals surface area contributed by atoms with Gasteiger partial charge in [-0.3, -0.25) is 14.5 Å². The quantitative estimate of drug-likeness (QED) is 0.517. The number of likely N-dealkylation sites (tertiary alicyclic amines) is 1. The zero-order chi connectivity index (χ0) is 21.2. The number of nitrogens with one attached hydrogen (secondary N) is 1. The highest BCUT2D eigenvalue weighted by molar-refractivity contribution is 5.79. The number of ether oxygens (including phenoxy) is 1. The van der Waals surface area contributed by atoms with Crippen molar-refractivity contribution in [2.75, 3.05) is 40.3 Å². The van der Waals surface area contributed by atoms with Gasteiger partial charge >= 0.3 is 0 Å². The van der Waals surface area contributed by atoms with Gasteiger partial charge in [0.25, 0.3) is 0 Å². The van der Waals surface area contributed by atoms with E-state index in [9.17, 15) is 9.59 Å². The Bertz CT molecular complexity index is 648. The molecule has 1 aliphatic rings. The molecule has 0 unspecified atom stereocenters. The van der Waals surface area contributed by atoms with Crippen molar-refractivity contribution < 1.29 is 14.3 Å². The summed E-state index contributed by atoms with van der Waals surface area (Å²) in [4.78, 5) is 27.6. The molecule has 1 aliphatic heterocycles. The second-order valence-electron chi connectivity index (χ2n) is 8.28. The summed E-state index contributed by atoms with van der Waals surface area (Å²) in [6.45, 7) is 6.18. The minimum atomic E-state index is -0.352. The smallest absolute Gasteiger partial charge is 0.220 e. The van der Waals surface area contributed by atoms with E-state index in [2.05, 4.69) is 41.3 Å². The van der Waals surface area contributed by atoms with Gasteiger partial charge in [0.05, 0.1) is 6.61 Å². The highest BCUT2D eigenvalue weighted by atomic mass is 16.5. The van der Waals surface area contributed by atoms with Crippen LogP contribution in [0.4, 0.5) is 0 Å². The first-order chi connectivity index (χ1) is 13.8. The molecule has 2 rings (SSSR count). The van der Waals surface area contributed by atoms with E-state index < -0.39 is 0 Å². The topological polar surface area (TPSA) is 87.9 Å². The van der Waals surface area contributed by atoms with Crippen LogP contribution >= 0.6 is 0 Å². The Balaban J connectivity index is 1.67. The molecule has 0 saturated carbocycles. The number of hydrogen-bond acceptors (Lipinski definition) is 5. The van der Waals surface area contributed by atoms with Gasteiger partial charge in [-0.25, -0.2) is 0 Å². The molecule has 0 spiro atoms. The molecule has 7 heteroatoms. The summed E-state index contributed by atoms with van der Waals surface area (Å²) >= 11 is 0. The fraction of sp³-hybridized carbons (Fsp3) is 0.636. The van der Waals surface area contributed by atoms with Crippen LogP contribution in [-0.2, 0) is 16.1 Å². The van der Waals surface area contributed by atoms with Crippen LogP contribution in [0, 0.1) is 5.92 Å². The van der Waals surface area contributed by atoms with Crippen molar-refractivity contribution in [2.45, 2.75) is 45.2 Å². The highest BCUT2D eigenvalue weighted by Crippen LogP contribution is 2.17. The van der Waals surface area contributed by atoms with Crippen LogP contribution < -0.4 is 15.8 Å². The first kappa shape index (κ1) is 23.2. The number of benzene rings is 1. The molecule has 1 aromatic rings. The third-order valence-electron chi connectivity index (χ3n) is 5.28. The minimum Gasteiger partial charge on any atom is -0.494 e. The Morgan fingerprint density at radius 3 is 2.69 bits per heavy atom. The SMILES string of the molecule is C[C@@H](CCC(=O)N[C@H]1CCN(Cc2ccc(OCCCN(C)C)cc2)C1)C(N)=O. The van der Waals surface area contributed by atoms with Crippen molar-refractivity contribution >= 4 is 11.8 Å². The van der Waals surface area contributed by atoms with Gasteiger partial charge in [0.15, 0.2) is 0 Å². The number of rotatable bonds is 12. The second-order valence-corrected chi connectivity index (χ2v) is 8.28. The van der Waals surface area contributed by atoms with Crippen LogP contribution in [0.1, 0.15) is 38.2 Å². The number of amides is 2. The summed E-state index contributed by atoms with van der Waals surface area (Å²) in [7, 11) is 4.13. The van der Waals surface area contributed by atoms with Gasteiger partial charge in [-0.2, -0.15) is 0 Å². The molecule has 29 heavy (non-hydrogen) atoms. The first-order valence-electron chi connectivity index (χ1n) is 10.5. The van der Waals surface area contributed by atoms with Gasteiger partial charge in [-0.05, 0) is 51.1 Å². The number of nitrogens with zero attached hydrogens (tertiary/aromatic N) is 2. The first-order valence-corrected chi connectivity index (χ1v) is 10.5. The van der Waals surface area contributed by atoms with Crippen LogP contribution in [0.3, 0.4) is 0 Å². The normalized spacial score (nSPS) is 18.0. The van der Waals surface area contributed by atoms with E-state index in [1.54, 1.807) is 6.92 Å². The molecule has 2 amide bonds. The number of carbonyl (C=O) groups excluding carboxylic acids is 2. The van der Waals surface area contributed by atoms with Crippen molar-refractivity contribution in [3.63, 3.8) is 0 Å². The van der Waals surface area contributed by atoms with Crippen molar-refractivity contribution in [1.29, 1.82) is 0 Å². The van der Waals surface area contributed by atoms with Gasteiger partial charge in [-0.15, -0.1) is 0 Å². The molecule has 0 aromatic heterocycles. The zero-order valence-corrected chi connectivity index (χ0v) is 18.0. The summed E-state index contributed by atoms with van der Waals surface area (Å²) in [5, 5.41) is 3.08. The number of carbonyl (C=O) groups is 2. The molecule has 7 nitrogen and oxygen atoms in total. The van der Waals surface area contributed by atoms with Crippen LogP contribution in [0.25, 0.3) is 0 Å². The van der Waals surface area contributed by atoms with E-state index >= 15 is 0 Å². The Labute approximate surface area is 174 Å². The molecule has 2 atom stereocenters. The molecule has 1 heterocycles. The fourth-order valence-electron chi connectivity index (χ4n) is 3.40. The van der Waals surface area contributed by atoms with E-state index in [0.717, 1.165) is 51.4 Å². The van der Waals surface area contributed by atoms with Crippen LogP contribution in [0.5, 0.6) is 5.75 Å². The lowest BCUT2D eigenvalue weighted by atomic mass is 10.0. The summed E-state index contributed by atoms with van der Waals surface area (Å²) in [5.41, 5.74) is 6.48. The maximum atomic E-state index is 12.1. The van der Waals surface area contributed by atoms with Crippen LogP contribution in [-0.4, -0.2) is 68.0 Å². The summed E-state index contributed by atoms with van der Waals surface area (Å²) in [6.07, 6.45) is 2.80. The lowest BCUT2D eigenvalue weighted by molar-refractivity contribution is -0.123. The van der Waals surface area contributed by atoms with Gasteiger partial charge in [-0.1, -0.05) is 19.1 Å². The van der Waals surface area contributed by atoms with Crippen molar-refractivity contribution in [1.82, 2.24) is 15.1 Å². The lowest BCUT2D eigenvalue weighted by Crippen LogP contribution is -2.37. The molecule has 1 saturated heterocycles. The van der Waals surface area contributed by atoms with E-state index in [4.69, 9.17) is 10.5 Å². The predicted molar refractivity (Wildman–Crippen MR) is 115 cm³/mol. The maximum Gasteiger partial charge on any atom is 0.220 e. The van der Waals surface area contributed by atoms with Crippen molar-refractivity contribution in [2.24, 2.45) is 11.7 Å². The van der Waals surface area contributed by atoms with Gasteiger partial charge in [0.1, 0.15) is 5.75 Å². The van der Waals surface area contributed by atoms with E-state index in [1.807, 2.05) is 12.1 Å². The standard InChI is InChI=1S/C22H36N4O3/c1-17(22(23)28)5-10-21(27)24-19-11-13-26(16-19)15-18-6-8-20(9-7-18)29-14-4-12-25(2)3/h6-9,17,19H,4-5,10-16H2,1-3H3,(H2,23,28)(H,24,27)/t17-,19-/m0/s1. The molecule has 0 radical (unpaired) electrons. The molecule has 3 N–H and O–H groups in total. The number of primary amides is 1. The maximum absolute atomic E-state index is 12.1. The van der Waals surface area contributed by atoms with Gasteiger partial charge in [0, 0.05) is 44.6 Å². The summed E-state index contributed by atoms with van der Waals surface area (Å²) < 4.78 is 5.78. The third kappa shape index (κ3) is 8.83. The second kappa shape index (κ2) is 11.8. The molecular formula is C22H36N4O3. The number of hydrogen-bond donors (Lipinski definition) is 2. The Hall–Kier alpha value is -2.12. The monoisotopic (exact) mass is 404 g/mol. The van der Waals surface area contributed by atoms with Crippen LogP contribution in [0.2, 0.25) is 0 Å². The zero-order valence-electron chi connectivity index (χ0n) is 18.0. The predicted octanol–water partition coefficient (Wildman–Crippen LogP) is 1.61. The summed E-state index contributed by atoms with van der Waals surface area (Å²) in [6, 6.07) is 8.45. The summed E-state index contributed by atoms with van der Waals surface area (Å²) in [5.74, 6) is 0.292. The Morgan fingerprint density at radius 1 is 1.31 bits per heavy atom. The third-order valence-corrected chi connectivity index (χ3v) is 5.28. The average molecular weight is 405 g/mol. The average Bonchev–Trinajstić information content (AvgIpc) is 3.11. The lowest BCUT2D eigenvalue weighted by Gasteiger charge is -2.17. The highest BCUT2D eigenvalue weighted by Gasteiger charge is 2.24. The Kier molecular flexibility index (Phi) is 9.41. The molecule has 1 fully saturated rings. The Morgan fingerprint density at radius 2 is 2.03 bits per heavy atom. The van der Waals surface area contributed by atoms with Crippen molar-refractivity contribution in [3.05, 3.63) is 29.8 Å². The largest absolute Gasteiger partial charge is 0.494 e. The van der Waals surface area contributed by atoms with E-state index in [0.29, 0.717) is 12.8 Å². The van der Waals surface area contributed by atoms with Gasteiger partial charge < -0.3 is 20.7 Å². The fourth-order valence-corrected chi connectivity index (χ4v) is 3.40. The molecule has 1 aromatic carbocycles. The molecule has 0 bridgehead atoms. The van der Waals surface area contributed by atoms with Gasteiger partial charge in [0.2, 0.25) is 11.8 Å². The molecular weight excluding hydrogens is 368 g/mol.